The van der Waals surface area contributed by atoms with E-state index in [9.17, 15) is 0 Å². The van der Waals surface area contributed by atoms with Gasteiger partial charge in [-0.05, 0) is 101 Å². The Morgan fingerprint density at radius 3 is 1.03 bits per heavy atom. The van der Waals surface area contributed by atoms with Crippen molar-refractivity contribution >= 4 is 87.5 Å². The fourth-order valence-electron chi connectivity index (χ4n) is 9.45. The van der Waals surface area contributed by atoms with Crippen LogP contribution in [0.4, 0.5) is 0 Å². The summed E-state index contributed by atoms with van der Waals surface area (Å²) >= 11 is 0. The van der Waals surface area contributed by atoms with Crippen molar-refractivity contribution in [3.8, 4) is 33.6 Å². The molecule has 0 bridgehead atoms. The second-order valence-electron chi connectivity index (χ2n) is 15.3. The number of aromatic nitrogens is 2. The summed E-state index contributed by atoms with van der Waals surface area (Å²) < 4.78 is 17.7. The summed E-state index contributed by atoms with van der Waals surface area (Å²) in [6, 6.07) is 69.5. The maximum atomic E-state index is 6.51. The van der Waals surface area contributed by atoms with Crippen molar-refractivity contribution in [2.24, 2.45) is 0 Å². The average Bonchev–Trinajstić information content (AvgIpc) is 4.03. The first-order chi connectivity index (χ1) is 28.7. The Bertz CT molecular complexity index is 3460. The zero-order valence-corrected chi connectivity index (χ0v) is 31.2. The third-order valence-electron chi connectivity index (χ3n) is 12.1. The molecule has 0 radical (unpaired) electrons. The summed E-state index contributed by atoms with van der Waals surface area (Å²) in [7, 11) is 0. The highest BCUT2D eigenvalue weighted by Crippen LogP contribution is 2.39. The first-order valence-corrected chi connectivity index (χ1v) is 19.7. The number of benzene rings is 9. The molecule has 270 valence electrons. The topological polar surface area (TPSA) is 36.1 Å². The fraction of sp³-hybridized carbons (Fsp3) is 0. The van der Waals surface area contributed by atoms with Crippen LogP contribution in [0.25, 0.3) is 121 Å². The fourth-order valence-corrected chi connectivity index (χ4v) is 9.45. The summed E-state index contributed by atoms with van der Waals surface area (Å²) in [5.74, 6) is 0. The van der Waals surface area contributed by atoms with Crippen LogP contribution in [0.2, 0.25) is 0 Å². The van der Waals surface area contributed by atoms with E-state index < -0.39 is 0 Å². The van der Waals surface area contributed by atoms with Gasteiger partial charge in [0.25, 0.3) is 0 Å². The Kier molecular flexibility index (Phi) is 6.41. The second kappa shape index (κ2) is 11.8. The molecule has 0 amide bonds. The molecule has 9 aromatic carbocycles. The van der Waals surface area contributed by atoms with Crippen molar-refractivity contribution in [1.29, 1.82) is 0 Å². The molecule has 0 fully saturated rings. The van der Waals surface area contributed by atoms with Crippen LogP contribution in [-0.4, -0.2) is 9.13 Å². The van der Waals surface area contributed by atoms with Gasteiger partial charge >= 0.3 is 0 Å². The number of furan rings is 2. The molecular formula is C54H32N2O2. The average molecular weight is 741 g/mol. The van der Waals surface area contributed by atoms with Gasteiger partial charge in [0.1, 0.15) is 22.3 Å². The molecule has 13 rings (SSSR count). The lowest BCUT2D eigenvalue weighted by Crippen LogP contribution is -1.93. The quantitative estimate of drug-likeness (QED) is 0.180. The van der Waals surface area contributed by atoms with Crippen molar-refractivity contribution in [3.63, 3.8) is 0 Å². The monoisotopic (exact) mass is 740 g/mol. The molecular weight excluding hydrogens is 709 g/mol. The van der Waals surface area contributed by atoms with Gasteiger partial charge in [-0.15, -0.1) is 0 Å². The molecule has 0 N–H and O–H groups in total. The minimum atomic E-state index is 0.878. The molecule has 4 heteroatoms. The number of para-hydroxylation sites is 4. The third kappa shape index (κ3) is 4.51. The molecule has 4 nitrogen and oxygen atoms in total. The van der Waals surface area contributed by atoms with Crippen LogP contribution in [0, 0.1) is 0 Å². The molecule has 0 unspecified atom stereocenters. The van der Waals surface area contributed by atoms with Crippen LogP contribution in [-0.2, 0) is 0 Å². The Hall–Kier alpha value is -7.82. The molecule has 0 aliphatic heterocycles. The van der Waals surface area contributed by atoms with Gasteiger partial charge in [0.05, 0.1) is 22.1 Å². The van der Waals surface area contributed by atoms with E-state index in [1.165, 1.54) is 43.6 Å². The van der Waals surface area contributed by atoms with E-state index in [0.717, 1.165) is 77.5 Å². The van der Waals surface area contributed by atoms with Crippen LogP contribution in [0.15, 0.2) is 203 Å². The molecule has 0 saturated carbocycles. The van der Waals surface area contributed by atoms with E-state index in [0.29, 0.717) is 0 Å². The first kappa shape index (κ1) is 31.4. The summed E-state index contributed by atoms with van der Waals surface area (Å²) in [5.41, 5.74) is 15.0. The first-order valence-electron chi connectivity index (χ1n) is 19.7. The van der Waals surface area contributed by atoms with Crippen LogP contribution in [0.5, 0.6) is 0 Å². The SMILES string of the molecule is c1cc(-c2ccc3oc4cc(-n5c6ccccc6c6ccccc65)ccc4c3c2)cc(-c2ccc3oc4cc(-n5c6ccccc6c6ccccc65)ccc4c3c2)c1. The van der Waals surface area contributed by atoms with E-state index in [1.54, 1.807) is 0 Å². The summed E-state index contributed by atoms with van der Waals surface area (Å²) in [4.78, 5) is 0. The number of hydrogen-bond donors (Lipinski definition) is 0. The Morgan fingerprint density at radius 2 is 0.621 bits per heavy atom. The van der Waals surface area contributed by atoms with E-state index in [-0.39, 0.29) is 0 Å². The van der Waals surface area contributed by atoms with Gasteiger partial charge in [-0.1, -0.05) is 103 Å². The lowest BCUT2D eigenvalue weighted by molar-refractivity contribution is 0.668. The zero-order valence-electron chi connectivity index (χ0n) is 31.2. The molecule has 0 aliphatic rings. The summed E-state index contributed by atoms with van der Waals surface area (Å²) in [6.07, 6.45) is 0. The van der Waals surface area contributed by atoms with Gasteiger partial charge in [-0.25, -0.2) is 0 Å². The van der Waals surface area contributed by atoms with Gasteiger partial charge < -0.3 is 18.0 Å². The van der Waals surface area contributed by atoms with Gasteiger partial charge in [-0.3, -0.25) is 0 Å². The minimum Gasteiger partial charge on any atom is -0.456 e. The van der Waals surface area contributed by atoms with Gasteiger partial charge in [0.15, 0.2) is 0 Å². The normalized spacial score (nSPS) is 12.1. The highest BCUT2D eigenvalue weighted by atomic mass is 16.3. The second-order valence-corrected chi connectivity index (χ2v) is 15.3. The minimum absolute atomic E-state index is 0.878. The standard InChI is InChI=1S/C54H32N2O2/c1-5-16-47-39(12-1)40-13-2-6-17-48(40)55(47)37-22-24-43-45-29-35(20-26-51(45)57-53(43)31-37)33-10-9-11-34(28-33)36-21-27-52-46(30-36)44-25-23-38(32-54(44)58-52)56-49-18-7-3-14-41(49)42-15-4-8-19-50(42)56/h1-32H. The predicted molar refractivity (Wildman–Crippen MR) is 241 cm³/mol. The molecule has 0 spiro atoms. The smallest absolute Gasteiger partial charge is 0.137 e. The number of rotatable bonds is 4. The predicted octanol–water partition coefficient (Wildman–Crippen LogP) is 15.0. The number of fused-ring (bicyclic) bond motifs is 12. The molecule has 58 heavy (non-hydrogen) atoms. The molecule has 4 heterocycles. The number of hydrogen-bond acceptors (Lipinski definition) is 2. The van der Waals surface area contributed by atoms with E-state index in [2.05, 4.69) is 203 Å². The molecule has 0 aliphatic carbocycles. The van der Waals surface area contributed by atoms with E-state index >= 15 is 0 Å². The lowest BCUT2D eigenvalue weighted by Gasteiger charge is -2.08. The van der Waals surface area contributed by atoms with Gasteiger partial charge in [0.2, 0.25) is 0 Å². The van der Waals surface area contributed by atoms with Crippen molar-refractivity contribution in [2.45, 2.75) is 0 Å². The zero-order chi connectivity index (χ0) is 37.9. The van der Waals surface area contributed by atoms with Crippen LogP contribution < -0.4 is 0 Å². The Balaban J connectivity index is 0.867. The largest absolute Gasteiger partial charge is 0.456 e. The van der Waals surface area contributed by atoms with Gasteiger partial charge in [-0.2, -0.15) is 0 Å². The van der Waals surface area contributed by atoms with Crippen LogP contribution >= 0.6 is 0 Å². The molecule has 13 aromatic rings. The van der Waals surface area contributed by atoms with Crippen molar-refractivity contribution in [2.75, 3.05) is 0 Å². The third-order valence-corrected chi connectivity index (χ3v) is 12.1. The van der Waals surface area contributed by atoms with E-state index in [4.69, 9.17) is 8.83 Å². The molecule has 4 aromatic heterocycles. The van der Waals surface area contributed by atoms with Crippen molar-refractivity contribution < 1.29 is 8.83 Å². The summed E-state index contributed by atoms with van der Waals surface area (Å²) in [5, 5.41) is 9.43. The highest BCUT2D eigenvalue weighted by molar-refractivity contribution is 6.12. The van der Waals surface area contributed by atoms with E-state index in [1.807, 2.05) is 0 Å². The molecule has 0 atom stereocenters. The van der Waals surface area contributed by atoms with Crippen molar-refractivity contribution in [1.82, 2.24) is 9.13 Å². The van der Waals surface area contributed by atoms with Crippen LogP contribution in [0.3, 0.4) is 0 Å². The highest BCUT2D eigenvalue weighted by Gasteiger charge is 2.17. The Morgan fingerprint density at radius 1 is 0.241 bits per heavy atom. The molecule has 0 saturated heterocycles. The maximum absolute atomic E-state index is 6.51. The van der Waals surface area contributed by atoms with Crippen LogP contribution in [0.1, 0.15) is 0 Å². The van der Waals surface area contributed by atoms with Crippen molar-refractivity contribution in [3.05, 3.63) is 194 Å². The van der Waals surface area contributed by atoms with Gasteiger partial charge in [0, 0.05) is 66.6 Å². The summed E-state index contributed by atoms with van der Waals surface area (Å²) in [6.45, 7) is 0. The number of nitrogens with zero attached hydrogens (tertiary/aromatic N) is 2. The maximum Gasteiger partial charge on any atom is 0.137 e. The Labute approximate surface area is 332 Å². The lowest BCUT2D eigenvalue weighted by atomic mass is 9.97.